The summed E-state index contributed by atoms with van der Waals surface area (Å²) in [6.07, 6.45) is 5.28. The Morgan fingerprint density at radius 1 is 1.00 bits per heavy atom. The number of rotatable bonds is 9. The highest BCUT2D eigenvalue weighted by atomic mass is 16.6. The lowest BCUT2D eigenvalue weighted by atomic mass is 9.82. The highest BCUT2D eigenvalue weighted by Gasteiger charge is 2.45. The molecule has 0 unspecified atom stereocenters. The van der Waals surface area contributed by atoms with E-state index >= 15 is 0 Å². The summed E-state index contributed by atoms with van der Waals surface area (Å²) in [5.41, 5.74) is 1.28. The number of hydrogen-bond donors (Lipinski definition) is 1. The lowest BCUT2D eigenvalue weighted by Crippen LogP contribution is -2.39. The number of carbonyl (C=O) groups is 2. The van der Waals surface area contributed by atoms with Crippen molar-refractivity contribution in [3.63, 3.8) is 0 Å². The maximum atomic E-state index is 14.0. The van der Waals surface area contributed by atoms with Crippen molar-refractivity contribution in [2.24, 2.45) is 0 Å². The SMILES string of the molecule is C[C@@]1(CC=Cc2ccccc2)C[C@@H](C(=O)O)n2c1ncc(N(Cc1ccccc1)C(=O)OCc1ccccc1)c2=O. The summed E-state index contributed by atoms with van der Waals surface area (Å²) in [7, 11) is 0. The molecule has 2 atom stereocenters. The van der Waals surface area contributed by atoms with E-state index in [4.69, 9.17) is 4.74 Å². The number of aromatic nitrogens is 2. The fourth-order valence-corrected chi connectivity index (χ4v) is 5.19. The Hall–Kier alpha value is -4.98. The zero-order chi connectivity index (χ0) is 28.8. The molecule has 0 spiro atoms. The normalized spacial score (nSPS) is 17.7. The number of fused-ring (bicyclic) bond motifs is 1. The fourth-order valence-electron chi connectivity index (χ4n) is 5.19. The van der Waals surface area contributed by atoms with E-state index in [1.165, 1.54) is 15.7 Å². The Labute approximate surface area is 238 Å². The summed E-state index contributed by atoms with van der Waals surface area (Å²) >= 11 is 0. The molecule has 0 fully saturated rings. The molecular weight excluding hydrogens is 518 g/mol. The standard InChI is InChI=1S/C33H31N3O5/c1-33(19-11-18-24-12-5-2-6-13-24)20-27(30(38)39)36-29(37)28(21-34-31(33)36)35(22-25-14-7-3-8-15-25)32(40)41-23-26-16-9-4-10-17-26/h2-18,21,27H,19-20,22-23H2,1H3,(H,38,39)/t27-,33+/m0/s1. The molecule has 1 aliphatic rings. The summed E-state index contributed by atoms with van der Waals surface area (Å²) in [5.74, 6) is -0.738. The maximum Gasteiger partial charge on any atom is 0.415 e. The molecule has 0 saturated heterocycles. The Kier molecular flexibility index (Phi) is 8.10. The van der Waals surface area contributed by atoms with E-state index in [9.17, 15) is 19.5 Å². The van der Waals surface area contributed by atoms with Gasteiger partial charge in [0.05, 0.1) is 12.7 Å². The number of amides is 1. The van der Waals surface area contributed by atoms with Gasteiger partial charge in [-0.25, -0.2) is 14.6 Å². The number of hydrogen-bond acceptors (Lipinski definition) is 5. The summed E-state index contributed by atoms with van der Waals surface area (Å²) < 4.78 is 6.82. The number of carbonyl (C=O) groups excluding carboxylic acids is 1. The Morgan fingerprint density at radius 3 is 2.24 bits per heavy atom. The van der Waals surface area contributed by atoms with Gasteiger partial charge in [-0.2, -0.15) is 0 Å². The second kappa shape index (κ2) is 12.0. The largest absolute Gasteiger partial charge is 0.480 e. The second-order valence-electron chi connectivity index (χ2n) is 10.4. The average Bonchev–Trinajstić information content (AvgIpc) is 3.30. The van der Waals surface area contributed by atoms with Crippen LogP contribution < -0.4 is 10.5 Å². The number of nitrogens with zero attached hydrogens (tertiary/aromatic N) is 3. The molecule has 0 saturated carbocycles. The molecule has 3 aromatic carbocycles. The number of benzene rings is 3. The van der Waals surface area contributed by atoms with Crippen LogP contribution in [0.2, 0.25) is 0 Å². The fraction of sp³-hybridized carbons (Fsp3) is 0.212. The van der Waals surface area contributed by atoms with E-state index in [1.807, 2.05) is 110 Å². The predicted molar refractivity (Wildman–Crippen MR) is 156 cm³/mol. The molecule has 1 aromatic heterocycles. The van der Waals surface area contributed by atoms with Crippen molar-refractivity contribution in [1.82, 2.24) is 9.55 Å². The van der Waals surface area contributed by atoms with Crippen molar-refractivity contribution in [1.29, 1.82) is 0 Å². The van der Waals surface area contributed by atoms with Gasteiger partial charge in [0.2, 0.25) is 0 Å². The zero-order valence-electron chi connectivity index (χ0n) is 22.7. The minimum atomic E-state index is -1.12. The number of anilines is 1. The smallest absolute Gasteiger partial charge is 0.415 e. The third-order valence-corrected chi connectivity index (χ3v) is 7.33. The molecule has 0 bridgehead atoms. The molecule has 2 heterocycles. The molecule has 41 heavy (non-hydrogen) atoms. The predicted octanol–water partition coefficient (Wildman–Crippen LogP) is 5.98. The van der Waals surface area contributed by atoms with Crippen LogP contribution in [0.25, 0.3) is 6.08 Å². The molecule has 8 nitrogen and oxygen atoms in total. The minimum Gasteiger partial charge on any atom is -0.480 e. The first-order valence-electron chi connectivity index (χ1n) is 13.4. The van der Waals surface area contributed by atoms with Crippen LogP contribution in [0.15, 0.2) is 108 Å². The van der Waals surface area contributed by atoms with Crippen LogP contribution >= 0.6 is 0 Å². The van der Waals surface area contributed by atoms with E-state index in [0.29, 0.717) is 12.2 Å². The van der Waals surface area contributed by atoms with E-state index < -0.39 is 29.1 Å². The van der Waals surface area contributed by atoms with Crippen molar-refractivity contribution in [3.05, 3.63) is 136 Å². The van der Waals surface area contributed by atoms with Crippen molar-refractivity contribution < 1.29 is 19.4 Å². The van der Waals surface area contributed by atoms with Gasteiger partial charge in [-0.05, 0) is 29.5 Å². The molecule has 5 rings (SSSR count). The van der Waals surface area contributed by atoms with E-state index in [0.717, 1.165) is 16.7 Å². The Balaban J connectivity index is 1.49. The van der Waals surface area contributed by atoms with Crippen molar-refractivity contribution in [2.45, 2.75) is 44.4 Å². The van der Waals surface area contributed by atoms with Crippen LogP contribution in [0.1, 0.15) is 48.3 Å². The van der Waals surface area contributed by atoms with Crippen LogP contribution in [0.3, 0.4) is 0 Å². The van der Waals surface area contributed by atoms with Crippen LogP contribution in [-0.2, 0) is 28.1 Å². The van der Waals surface area contributed by atoms with Crippen LogP contribution in [0, 0.1) is 0 Å². The molecule has 208 valence electrons. The zero-order valence-corrected chi connectivity index (χ0v) is 22.7. The molecular formula is C33H31N3O5. The van der Waals surface area contributed by atoms with Gasteiger partial charge >= 0.3 is 12.1 Å². The van der Waals surface area contributed by atoms with Gasteiger partial charge in [-0.15, -0.1) is 0 Å². The lowest BCUT2D eigenvalue weighted by Gasteiger charge is -2.24. The molecule has 8 heteroatoms. The van der Waals surface area contributed by atoms with Gasteiger partial charge in [0, 0.05) is 5.41 Å². The summed E-state index contributed by atoms with van der Waals surface area (Å²) in [5, 5.41) is 10.1. The van der Waals surface area contributed by atoms with Crippen LogP contribution in [0.4, 0.5) is 10.5 Å². The van der Waals surface area contributed by atoms with Crippen molar-refractivity contribution in [3.8, 4) is 0 Å². The van der Waals surface area contributed by atoms with Crippen LogP contribution in [-0.4, -0.2) is 26.7 Å². The second-order valence-corrected chi connectivity index (χ2v) is 10.4. The third-order valence-electron chi connectivity index (χ3n) is 7.33. The Bertz CT molecular complexity index is 1600. The topological polar surface area (TPSA) is 102 Å². The number of allylic oxidation sites excluding steroid dienone is 1. The summed E-state index contributed by atoms with van der Waals surface area (Å²) in [6, 6.07) is 27.1. The molecule has 0 aliphatic carbocycles. The first-order chi connectivity index (χ1) is 19.9. The number of carboxylic acid groups (broad SMARTS) is 1. The first kappa shape index (κ1) is 27.6. The number of ether oxygens (including phenoxy) is 1. The third kappa shape index (κ3) is 6.11. The average molecular weight is 550 g/mol. The molecule has 1 aliphatic heterocycles. The molecule has 1 N–H and O–H groups in total. The Morgan fingerprint density at radius 2 is 1.61 bits per heavy atom. The highest BCUT2D eigenvalue weighted by molar-refractivity contribution is 5.87. The van der Waals surface area contributed by atoms with Gasteiger partial charge in [0.1, 0.15) is 24.2 Å². The number of aliphatic carboxylic acids is 1. The molecule has 0 radical (unpaired) electrons. The summed E-state index contributed by atoms with van der Waals surface area (Å²) in [4.78, 5) is 45.5. The summed E-state index contributed by atoms with van der Waals surface area (Å²) in [6.45, 7) is 1.99. The quantitative estimate of drug-likeness (QED) is 0.276. The van der Waals surface area contributed by atoms with Gasteiger partial charge in [-0.1, -0.05) is 110 Å². The van der Waals surface area contributed by atoms with Gasteiger partial charge in [0.25, 0.3) is 5.56 Å². The first-order valence-corrected chi connectivity index (χ1v) is 13.4. The van der Waals surface area contributed by atoms with Gasteiger partial charge < -0.3 is 9.84 Å². The van der Waals surface area contributed by atoms with E-state index in [-0.39, 0.29) is 25.3 Å². The molecule has 4 aromatic rings. The highest BCUT2D eigenvalue weighted by Crippen LogP contribution is 2.42. The van der Waals surface area contributed by atoms with Crippen LogP contribution in [0.5, 0.6) is 0 Å². The monoisotopic (exact) mass is 549 g/mol. The number of carboxylic acids is 1. The van der Waals surface area contributed by atoms with Gasteiger partial charge in [0.15, 0.2) is 0 Å². The molecule has 1 amide bonds. The minimum absolute atomic E-state index is 0.0221. The maximum absolute atomic E-state index is 14.0. The van der Waals surface area contributed by atoms with E-state index in [1.54, 1.807) is 0 Å². The van der Waals surface area contributed by atoms with Crippen molar-refractivity contribution >= 4 is 23.8 Å². The van der Waals surface area contributed by atoms with Crippen molar-refractivity contribution in [2.75, 3.05) is 4.90 Å². The lowest BCUT2D eigenvalue weighted by molar-refractivity contribution is -0.141. The van der Waals surface area contributed by atoms with E-state index in [2.05, 4.69) is 4.98 Å². The van der Waals surface area contributed by atoms with Gasteiger partial charge in [-0.3, -0.25) is 14.3 Å².